The molecular formula is C13H24N4O2S. The van der Waals surface area contributed by atoms with Crippen LogP contribution in [0.25, 0.3) is 0 Å². The van der Waals surface area contributed by atoms with Crippen LogP contribution in [0.15, 0.2) is 0 Å². The van der Waals surface area contributed by atoms with Crippen molar-refractivity contribution in [2.75, 3.05) is 24.2 Å². The summed E-state index contributed by atoms with van der Waals surface area (Å²) in [7, 11) is 0. The molecule has 1 heterocycles. The number of hydrogen-bond donors (Lipinski definition) is 4. The second-order valence-electron chi connectivity index (χ2n) is 5.51. The molecule has 6 nitrogen and oxygen atoms in total. The molecule has 1 unspecified atom stereocenters. The number of aliphatic hydroxyl groups is 1. The van der Waals surface area contributed by atoms with Crippen LogP contribution in [0.1, 0.15) is 37.4 Å². The summed E-state index contributed by atoms with van der Waals surface area (Å²) in [4.78, 5) is 16.7. The van der Waals surface area contributed by atoms with Crippen LogP contribution in [0.3, 0.4) is 0 Å². The molecule has 0 fully saturated rings. The monoisotopic (exact) mass is 300 g/mol. The highest BCUT2D eigenvalue weighted by atomic mass is 32.1. The normalized spacial score (nSPS) is 12.8. The van der Waals surface area contributed by atoms with E-state index in [2.05, 4.69) is 29.5 Å². The Bertz CT molecular complexity index is 446. The average molecular weight is 300 g/mol. The fourth-order valence-corrected chi connectivity index (χ4v) is 2.31. The number of aromatic nitrogens is 1. The van der Waals surface area contributed by atoms with Crippen molar-refractivity contribution in [3.05, 3.63) is 4.88 Å². The van der Waals surface area contributed by atoms with Crippen molar-refractivity contribution in [3.8, 4) is 0 Å². The second-order valence-corrected chi connectivity index (χ2v) is 6.51. The van der Waals surface area contributed by atoms with Gasteiger partial charge in [-0.15, -0.1) is 0 Å². The molecule has 7 heteroatoms. The van der Waals surface area contributed by atoms with E-state index in [4.69, 9.17) is 5.73 Å². The minimum absolute atomic E-state index is 0.0967. The Labute approximate surface area is 123 Å². The minimum Gasteiger partial charge on any atom is -0.394 e. The molecule has 1 aromatic heterocycles. The van der Waals surface area contributed by atoms with Gasteiger partial charge in [0, 0.05) is 6.54 Å². The molecule has 0 spiro atoms. The van der Waals surface area contributed by atoms with Gasteiger partial charge < -0.3 is 21.5 Å². The third kappa shape index (κ3) is 4.64. The van der Waals surface area contributed by atoms with Gasteiger partial charge in [0.05, 0.1) is 12.6 Å². The first kappa shape index (κ1) is 16.7. The molecule has 0 saturated carbocycles. The lowest BCUT2D eigenvalue weighted by Crippen LogP contribution is -2.41. The highest BCUT2D eigenvalue weighted by Gasteiger charge is 2.21. The van der Waals surface area contributed by atoms with Crippen LogP contribution in [-0.2, 0) is 0 Å². The number of nitrogens with zero attached hydrogens (tertiary/aromatic N) is 1. The molecule has 1 aromatic rings. The molecule has 1 amide bonds. The van der Waals surface area contributed by atoms with E-state index in [1.807, 2.05) is 13.8 Å². The van der Waals surface area contributed by atoms with Crippen LogP contribution in [0.4, 0.5) is 10.9 Å². The van der Waals surface area contributed by atoms with Gasteiger partial charge in [-0.3, -0.25) is 4.79 Å². The molecule has 0 aliphatic rings. The second kappa shape index (κ2) is 7.44. The number of nitrogens with two attached hydrogens (primary N) is 1. The van der Waals surface area contributed by atoms with E-state index in [1.165, 1.54) is 11.3 Å². The van der Waals surface area contributed by atoms with Crippen molar-refractivity contribution in [3.63, 3.8) is 0 Å². The van der Waals surface area contributed by atoms with Crippen LogP contribution in [0.5, 0.6) is 0 Å². The van der Waals surface area contributed by atoms with E-state index in [9.17, 15) is 9.90 Å². The number of anilines is 2. The summed E-state index contributed by atoms with van der Waals surface area (Å²) in [5.41, 5.74) is 5.78. The number of nitrogen functional groups attached to an aromatic ring is 1. The quantitative estimate of drug-likeness (QED) is 0.612. The zero-order valence-corrected chi connectivity index (χ0v) is 13.3. The third-order valence-electron chi connectivity index (χ3n) is 2.84. The average Bonchev–Trinajstić information content (AvgIpc) is 2.74. The predicted octanol–water partition coefficient (Wildman–Crippen LogP) is 1.54. The van der Waals surface area contributed by atoms with Gasteiger partial charge in [0.25, 0.3) is 5.91 Å². The molecule has 5 N–H and O–H groups in total. The molecule has 0 bridgehead atoms. The van der Waals surface area contributed by atoms with Crippen LogP contribution < -0.4 is 16.4 Å². The summed E-state index contributed by atoms with van der Waals surface area (Å²) in [6.07, 6.45) is 0. The van der Waals surface area contributed by atoms with E-state index >= 15 is 0 Å². The molecule has 1 atom stereocenters. The first-order valence-corrected chi connectivity index (χ1v) is 7.58. The van der Waals surface area contributed by atoms with Crippen LogP contribution >= 0.6 is 11.3 Å². The summed E-state index contributed by atoms with van der Waals surface area (Å²) in [6.45, 7) is 8.73. The Morgan fingerprint density at radius 1 is 1.40 bits per heavy atom. The van der Waals surface area contributed by atoms with Gasteiger partial charge in [-0.25, -0.2) is 4.98 Å². The van der Waals surface area contributed by atoms with E-state index in [0.717, 1.165) is 6.54 Å². The number of thiazole rings is 1. The van der Waals surface area contributed by atoms with Gasteiger partial charge in [0.1, 0.15) is 10.7 Å². The third-order valence-corrected chi connectivity index (χ3v) is 3.87. The molecule has 0 saturated heterocycles. The van der Waals surface area contributed by atoms with Crippen molar-refractivity contribution >= 4 is 28.2 Å². The van der Waals surface area contributed by atoms with Gasteiger partial charge in [0.2, 0.25) is 0 Å². The highest BCUT2D eigenvalue weighted by Crippen LogP contribution is 2.25. The number of carbonyl (C=O) groups is 1. The first-order chi connectivity index (χ1) is 9.35. The summed E-state index contributed by atoms with van der Waals surface area (Å²) in [5, 5.41) is 15.8. The number of carbonyl (C=O) groups excluding carboxylic acids is 1. The molecular weight excluding hydrogens is 276 g/mol. The van der Waals surface area contributed by atoms with Crippen LogP contribution in [0.2, 0.25) is 0 Å². The van der Waals surface area contributed by atoms with Gasteiger partial charge in [-0.05, 0) is 11.8 Å². The molecule has 20 heavy (non-hydrogen) atoms. The SMILES string of the molecule is CC(C)CNc1nc(N)c(C(=O)NC(CO)C(C)C)s1. The minimum atomic E-state index is -0.287. The number of nitrogens with one attached hydrogen (secondary N) is 2. The molecule has 0 aliphatic heterocycles. The summed E-state index contributed by atoms with van der Waals surface area (Å²) in [6, 6.07) is -0.281. The largest absolute Gasteiger partial charge is 0.394 e. The van der Waals surface area contributed by atoms with Gasteiger partial charge >= 0.3 is 0 Å². The molecule has 0 radical (unpaired) electrons. The smallest absolute Gasteiger partial charge is 0.265 e. The Hall–Kier alpha value is -1.34. The maximum absolute atomic E-state index is 12.1. The molecule has 114 valence electrons. The number of aliphatic hydroxyl groups excluding tert-OH is 1. The van der Waals surface area contributed by atoms with E-state index in [1.54, 1.807) is 0 Å². The topological polar surface area (TPSA) is 100 Å². The zero-order chi connectivity index (χ0) is 15.3. The standard InChI is InChI=1S/C13H24N4O2S/c1-7(2)5-15-13-17-11(14)10(20-13)12(19)16-9(6-18)8(3)4/h7-9,18H,5-6,14H2,1-4H3,(H,15,17)(H,16,19). The van der Waals surface area contributed by atoms with Gasteiger partial charge in [-0.1, -0.05) is 39.0 Å². The maximum atomic E-state index is 12.1. The summed E-state index contributed by atoms with van der Waals surface area (Å²) < 4.78 is 0. The first-order valence-electron chi connectivity index (χ1n) is 6.77. The van der Waals surface area contributed by atoms with E-state index in [0.29, 0.717) is 15.9 Å². The fraction of sp³-hybridized carbons (Fsp3) is 0.692. The number of amides is 1. The maximum Gasteiger partial charge on any atom is 0.265 e. The van der Waals surface area contributed by atoms with Crippen LogP contribution in [0, 0.1) is 11.8 Å². The molecule has 1 rings (SSSR count). The van der Waals surface area contributed by atoms with Crippen molar-refractivity contribution in [2.45, 2.75) is 33.7 Å². The van der Waals surface area contributed by atoms with Crippen LogP contribution in [-0.4, -0.2) is 35.2 Å². The summed E-state index contributed by atoms with van der Waals surface area (Å²) >= 11 is 1.23. The predicted molar refractivity (Wildman–Crippen MR) is 83.0 cm³/mol. The lowest BCUT2D eigenvalue weighted by molar-refractivity contribution is 0.0901. The lowest BCUT2D eigenvalue weighted by Gasteiger charge is -2.19. The van der Waals surface area contributed by atoms with Crippen molar-refractivity contribution in [1.82, 2.24) is 10.3 Å². The molecule has 0 aromatic carbocycles. The fourth-order valence-electron chi connectivity index (χ4n) is 1.52. The number of rotatable bonds is 7. The van der Waals surface area contributed by atoms with Gasteiger partial charge in [0.15, 0.2) is 5.13 Å². The zero-order valence-electron chi connectivity index (χ0n) is 12.4. The number of hydrogen-bond acceptors (Lipinski definition) is 6. The molecule has 0 aliphatic carbocycles. The van der Waals surface area contributed by atoms with Gasteiger partial charge in [-0.2, -0.15) is 0 Å². The summed E-state index contributed by atoms with van der Waals surface area (Å²) in [5.74, 6) is 0.568. The lowest BCUT2D eigenvalue weighted by atomic mass is 10.1. The Kier molecular flexibility index (Phi) is 6.22. The van der Waals surface area contributed by atoms with E-state index < -0.39 is 0 Å². The van der Waals surface area contributed by atoms with Crippen molar-refractivity contribution in [1.29, 1.82) is 0 Å². The van der Waals surface area contributed by atoms with Crippen molar-refractivity contribution in [2.24, 2.45) is 11.8 Å². The Balaban J connectivity index is 2.73. The Morgan fingerprint density at radius 2 is 2.05 bits per heavy atom. The Morgan fingerprint density at radius 3 is 2.55 bits per heavy atom. The highest BCUT2D eigenvalue weighted by molar-refractivity contribution is 7.18. The van der Waals surface area contributed by atoms with E-state index in [-0.39, 0.29) is 30.3 Å². The van der Waals surface area contributed by atoms with Crippen molar-refractivity contribution < 1.29 is 9.90 Å².